The molecule has 2 aliphatic heterocycles. The van der Waals surface area contributed by atoms with Gasteiger partial charge in [0.2, 0.25) is 0 Å². The van der Waals surface area contributed by atoms with E-state index in [1.54, 1.807) is 0 Å². The molecule has 2 heteroatoms. The maximum atomic E-state index is 4.29. The van der Waals surface area contributed by atoms with Gasteiger partial charge in [0.15, 0.2) is 0 Å². The van der Waals surface area contributed by atoms with Gasteiger partial charge in [-0.3, -0.25) is 4.99 Å². The van der Waals surface area contributed by atoms with Gasteiger partial charge < -0.3 is 0 Å². The second-order valence-corrected chi connectivity index (χ2v) is 8.03. The van der Waals surface area contributed by atoms with Crippen LogP contribution in [0, 0.1) is 0 Å². The van der Waals surface area contributed by atoms with Gasteiger partial charge in [-0.05, 0) is 11.3 Å². The number of rotatable bonds is 1. The molecule has 0 aromatic carbocycles. The van der Waals surface area contributed by atoms with Crippen molar-refractivity contribution < 1.29 is 0 Å². The normalized spacial score (nSPS) is 43.6. The van der Waals surface area contributed by atoms with Crippen molar-refractivity contribution >= 4 is 15.6 Å². The largest absolute Gasteiger partial charge is 0.278 e. The lowest BCUT2D eigenvalue weighted by Gasteiger charge is -2.22. The predicted molar refractivity (Wildman–Crippen MR) is 83.4 cm³/mol. The molecule has 92 valence electrons. The van der Waals surface area contributed by atoms with Crippen molar-refractivity contribution in [3.63, 3.8) is 0 Å². The second kappa shape index (κ2) is 4.99. The van der Waals surface area contributed by atoms with E-state index in [2.05, 4.69) is 59.1 Å². The molecule has 0 bridgehead atoms. The summed E-state index contributed by atoms with van der Waals surface area (Å²) in [6.07, 6.45) is 23.2. The van der Waals surface area contributed by atoms with Crippen LogP contribution in [0.5, 0.6) is 0 Å². The average Bonchev–Trinajstić information content (AvgIpc) is 3.05. The smallest absolute Gasteiger partial charge is 0.0748 e. The first-order chi connectivity index (χ1) is 8.91. The van der Waals surface area contributed by atoms with Gasteiger partial charge in [0.05, 0.1) is 5.88 Å². The van der Waals surface area contributed by atoms with Crippen molar-refractivity contribution in [2.24, 2.45) is 4.99 Å². The lowest BCUT2D eigenvalue weighted by atomic mass is 10.1. The summed E-state index contributed by atoms with van der Waals surface area (Å²) in [5.74, 6) is 2.45. The number of hydrogen-bond acceptors (Lipinski definition) is 1. The molecule has 1 aliphatic carbocycles. The van der Waals surface area contributed by atoms with Crippen LogP contribution in [0.25, 0.3) is 0 Å². The minimum absolute atomic E-state index is 0.439. The summed E-state index contributed by atoms with van der Waals surface area (Å²) in [6, 6.07) is 0. The summed E-state index contributed by atoms with van der Waals surface area (Å²) in [6.45, 7) is 0. The van der Waals surface area contributed by atoms with Gasteiger partial charge in [0.1, 0.15) is 0 Å². The van der Waals surface area contributed by atoms with Gasteiger partial charge in [0.25, 0.3) is 0 Å². The van der Waals surface area contributed by atoms with Crippen LogP contribution in [0.4, 0.5) is 0 Å². The lowest BCUT2D eigenvalue weighted by Crippen LogP contribution is -2.03. The zero-order valence-corrected chi connectivity index (χ0v) is 11.1. The Bertz CT molecular complexity index is 531. The maximum Gasteiger partial charge on any atom is 0.0748 e. The van der Waals surface area contributed by atoms with E-state index >= 15 is 0 Å². The minimum atomic E-state index is -0.439. The fourth-order valence-corrected chi connectivity index (χ4v) is 5.14. The van der Waals surface area contributed by atoms with Crippen LogP contribution in [-0.2, 0) is 0 Å². The number of allylic oxidation sites excluding steroid dienone is 11. The Labute approximate surface area is 110 Å². The van der Waals surface area contributed by atoms with E-state index in [0.717, 1.165) is 11.1 Å². The van der Waals surface area contributed by atoms with Gasteiger partial charge >= 0.3 is 0 Å². The minimum Gasteiger partial charge on any atom is -0.278 e. The van der Waals surface area contributed by atoms with E-state index in [1.807, 2.05) is 18.2 Å². The zero-order chi connectivity index (χ0) is 12.3. The van der Waals surface area contributed by atoms with Gasteiger partial charge in [0, 0.05) is 10.8 Å². The van der Waals surface area contributed by atoms with Crippen LogP contribution in [0.2, 0.25) is 0 Å². The second-order valence-electron chi connectivity index (χ2n) is 4.64. The fourth-order valence-electron chi connectivity index (χ4n) is 2.19. The third-order valence-corrected chi connectivity index (χ3v) is 6.65. The molecule has 1 nitrogen and oxygen atoms in total. The first-order valence-corrected chi connectivity index (χ1v) is 8.33. The van der Waals surface area contributed by atoms with Gasteiger partial charge in [-0.25, -0.2) is 0 Å². The highest BCUT2D eigenvalue weighted by molar-refractivity contribution is 8.51. The standard InChI is InChI=1S/C16H17NS/c1-2-4-6-8-10-15(11-9-7-5-3-1)16-12-18(16)13-17-14-18/h1-11,13,16H,12,14H2/b2-1-,3-1?,4-2?,5-3-,6-4-,7-5?,8-6?,9-7-,10-8?,11-9?,15-10?,15-11?. The summed E-state index contributed by atoms with van der Waals surface area (Å²) in [5, 5.41) is 0.756. The van der Waals surface area contributed by atoms with E-state index in [-0.39, 0.29) is 0 Å². The van der Waals surface area contributed by atoms with E-state index in [0.29, 0.717) is 0 Å². The number of aliphatic imine (C=N–C) groups is 1. The zero-order valence-electron chi connectivity index (χ0n) is 10.3. The molecular formula is C16H17NS. The third kappa shape index (κ3) is 2.34. The molecule has 0 aromatic rings. The van der Waals surface area contributed by atoms with E-state index in [1.165, 1.54) is 11.3 Å². The molecule has 18 heavy (non-hydrogen) atoms. The monoisotopic (exact) mass is 255 g/mol. The third-order valence-electron chi connectivity index (χ3n) is 3.35. The summed E-state index contributed by atoms with van der Waals surface area (Å²) in [5.41, 5.74) is 3.68. The van der Waals surface area contributed by atoms with Gasteiger partial charge in [-0.15, -0.1) is 0 Å². The molecule has 0 N–H and O–H groups in total. The Morgan fingerprint density at radius 3 is 2.06 bits per heavy atom. The molecule has 1 fully saturated rings. The summed E-state index contributed by atoms with van der Waals surface area (Å²) < 4.78 is 0. The Hall–Kier alpha value is -1.54. The summed E-state index contributed by atoms with van der Waals surface area (Å²) in [7, 11) is -0.439. The first kappa shape index (κ1) is 11.5. The van der Waals surface area contributed by atoms with Crippen molar-refractivity contribution in [3.05, 3.63) is 72.4 Å². The highest BCUT2D eigenvalue weighted by Crippen LogP contribution is 2.72. The molecule has 3 aliphatic rings. The van der Waals surface area contributed by atoms with Crippen molar-refractivity contribution in [2.75, 3.05) is 11.6 Å². The number of nitrogens with zero attached hydrogens (tertiary/aromatic N) is 1. The molecular weight excluding hydrogens is 238 g/mol. The Balaban J connectivity index is 1.80. The molecule has 2 atom stereocenters. The van der Waals surface area contributed by atoms with E-state index in [9.17, 15) is 0 Å². The molecule has 2 heterocycles. The van der Waals surface area contributed by atoms with Gasteiger partial charge in [-0.1, -0.05) is 66.8 Å². The van der Waals surface area contributed by atoms with Crippen LogP contribution in [0.15, 0.2) is 77.4 Å². The number of hydrogen-bond donors (Lipinski definition) is 0. The maximum absolute atomic E-state index is 4.29. The van der Waals surface area contributed by atoms with Crippen LogP contribution in [0.3, 0.4) is 0 Å². The lowest BCUT2D eigenvalue weighted by molar-refractivity contribution is 1.29. The summed E-state index contributed by atoms with van der Waals surface area (Å²) in [4.78, 5) is 4.29. The van der Waals surface area contributed by atoms with Crippen molar-refractivity contribution in [1.29, 1.82) is 0 Å². The SMILES string of the molecule is C1=CC(C2CS23C=NC3)=C\C=C/C=C\C=C/C=C\1. The molecule has 0 saturated carbocycles. The quantitative estimate of drug-likeness (QED) is 0.630. The fraction of sp³-hybridized carbons (Fsp3) is 0.188. The highest BCUT2D eigenvalue weighted by Gasteiger charge is 2.52. The average molecular weight is 255 g/mol. The molecule has 0 aromatic heterocycles. The van der Waals surface area contributed by atoms with E-state index < -0.39 is 10.0 Å². The molecule has 3 rings (SSSR count). The van der Waals surface area contributed by atoms with Crippen LogP contribution >= 0.6 is 10.0 Å². The van der Waals surface area contributed by atoms with Crippen molar-refractivity contribution in [3.8, 4) is 0 Å². The molecule has 0 amide bonds. The Morgan fingerprint density at radius 2 is 1.50 bits per heavy atom. The Morgan fingerprint density at radius 1 is 0.889 bits per heavy atom. The topological polar surface area (TPSA) is 12.4 Å². The Kier molecular flexibility index (Phi) is 3.20. The van der Waals surface area contributed by atoms with E-state index in [4.69, 9.17) is 0 Å². The highest BCUT2D eigenvalue weighted by atomic mass is 32.3. The van der Waals surface area contributed by atoms with Crippen molar-refractivity contribution in [1.82, 2.24) is 0 Å². The molecule has 1 spiro atoms. The first-order valence-electron chi connectivity index (χ1n) is 6.23. The van der Waals surface area contributed by atoms with Gasteiger partial charge in [-0.2, -0.15) is 10.0 Å². The molecule has 0 radical (unpaired) electrons. The van der Waals surface area contributed by atoms with Crippen LogP contribution < -0.4 is 0 Å². The van der Waals surface area contributed by atoms with Crippen LogP contribution in [0.1, 0.15) is 0 Å². The predicted octanol–water partition coefficient (Wildman–Crippen LogP) is 3.89. The molecule has 1 saturated heterocycles. The summed E-state index contributed by atoms with van der Waals surface area (Å²) >= 11 is 0. The van der Waals surface area contributed by atoms with Crippen molar-refractivity contribution in [2.45, 2.75) is 5.25 Å². The van der Waals surface area contributed by atoms with Crippen LogP contribution in [-0.4, -0.2) is 22.4 Å². The molecule has 2 unspecified atom stereocenters.